The van der Waals surface area contributed by atoms with Gasteiger partial charge in [0, 0.05) is 26.0 Å². The molecule has 3 rings (SSSR count). The van der Waals surface area contributed by atoms with Crippen molar-refractivity contribution >= 4 is 0 Å². The first-order valence-corrected chi connectivity index (χ1v) is 8.65. The zero-order chi connectivity index (χ0) is 18.5. The van der Waals surface area contributed by atoms with Gasteiger partial charge in [0.15, 0.2) is 18.3 Å². The highest BCUT2D eigenvalue weighted by Crippen LogP contribution is 2.39. The Morgan fingerprint density at radius 1 is 1.15 bits per heavy atom. The number of nitriles is 1. The quantitative estimate of drug-likeness (QED) is 0.774. The molecule has 2 atom stereocenters. The van der Waals surface area contributed by atoms with Gasteiger partial charge in [-0.05, 0) is 35.9 Å². The second kappa shape index (κ2) is 8.22. The fraction of sp³-hybridized carbons (Fsp3) is 0.381. The molecule has 0 aliphatic carbocycles. The second-order valence-electron chi connectivity index (χ2n) is 6.50. The van der Waals surface area contributed by atoms with Crippen LogP contribution in [-0.2, 0) is 11.2 Å². The maximum absolute atomic E-state index is 9.60. The smallest absolute Gasteiger partial charge is 0.188 e. The Labute approximate surface area is 154 Å². The van der Waals surface area contributed by atoms with Gasteiger partial charge in [0.25, 0.3) is 0 Å². The molecule has 0 saturated carbocycles. The van der Waals surface area contributed by atoms with Gasteiger partial charge in [0.2, 0.25) is 0 Å². The molecular formula is C21H24N2O3. The lowest BCUT2D eigenvalue weighted by molar-refractivity contribution is 0.0491. The van der Waals surface area contributed by atoms with Gasteiger partial charge in [-0.15, -0.1) is 0 Å². The van der Waals surface area contributed by atoms with Crippen molar-refractivity contribution in [2.75, 3.05) is 34.6 Å². The Balaban J connectivity index is 2.12. The van der Waals surface area contributed by atoms with E-state index < -0.39 is 0 Å². The highest BCUT2D eigenvalue weighted by molar-refractivity contribution is 5.52. The minimum atomic E-state index is -0.169. The topological polar surface area (TPSA) is 54.7 Å². The number of methoxy groups -OCH3 is 2. The molecule has 0 unspecified atom stereocenters. The van der Waals surface area contributed by atoms with Crippen molar-refractivity contribution in [3.8, 4) is 17.6 Å². The lowest BCUT2D eigenvalue weighted by atomic mass is 9.87. The minimum absolute atomic E-state index is 0.158. The highest BCUT2D eigenvalue weighted by atomic mass is 16.7. The third-order valence-corrected chi connectivity index (χ3v) is 4.90. The van der Waals surface area contributed by atoms with Crippen LogP contribution in [0.1, 0.15) is 22.6 Å². The first-order chi connectivity index (χ1) is 12.7. The average Bonchev–Trinajstić information content (AvgIpc) is 2.82. The molecule has 26 heavy (non-hydrogen) atoms. The fourth-order valence-corrected chi connectivity index (χ4v) is 3.51. The Bertz CT molecular complexity index is 786. The molecule has 1 aliphatic rings. The van der Waals surface area contributed by atoms with Crippen LogP contribution in [0, 0.1) is 11.3 Å². The van der Waals surface area contributed by atoms with Crippen LogP contribution in [0.25, 0.3) is 0 Å². The van der Waals surface area contributed by atoms with E-state index in [1.807, 2.05) is 37.4 Å². The van der Waals surface area contributed by atoms with E-state index in [4.69, 9.17) is 14.2 Å². The predicted molar refractivity (Wildman–Crippen MR) is 99.5 cm³/mol. The molecule has 0 aromatic heterocycles. The molecule has 0 fully saturated rings. The van der Waals surface area contributed by atoms with Gasteiger partial charge in [-0.3, -0.25) is 4.90 Å². The van der Waals surface area contributed by atoms with Crippen LogP contribution in [0.4, 0.5) is 0 Å². The molecule has 0 radical (unpaired) electrons. The zero-order valence-corrected chi connectivity index (χ0v) is 15.4. The summed E-state index contributed by atoms with van der Waals surface area (Å²) in [6.45, 7) is 0.928. The van der Waals surface area contributed by atoms with Gasteiger partial charge in [0.05, 0.1) is 13.2 Å². The Hall–Kier alpha value is -2.55. The molecule has 0 spiro atoms. The van der Waals surface area contributed by atoms with Crippen LogP contribution in [-0.4, -0.2) is 45.5 Å². The summed E-state index contributed by atoms with van der Waals surface area (Å²) in [6, 6.07) is 16.7. The van der Waals surface area contributed by atoms with E-state index in [2.05, 4.69) is 23.1 Å². The standard InChI is InChI=1S/C21H24N2O3/c1-23-13-19(15-7-5-4-6-8-15)18-11-21(26-14-24-2)20(25-3)10-16(18)9-17(23)12-22/h4-8,10-11,17,19H,9,13-14H2,1-3H3/t17-,19+/m0/s1. The maximum Gasteiger partial charge on any atom is 0.188 e. The summed E-state index contributed by atoms with van der Waals surface area (Å²) in [5.41, 5.74) is 3.52. The molecule has 1 heterocycles. The van der Waals surface area contributed by atoms with E-state index in [0.717, 1.165) is 12.1 Å². The molecule has 5 nitrogen and oxygen atoms in total. The zero-order valence-electron chi connectivity index (χ0n) is 15.4. The van der Waals surface area contributed by atoms with Gasteiger partial charge < -0.3 is 14.2 Å². The van der Waals surface area contributed by atoms with E-state index in [1.165, 1.54) is 11.1 Å². The van der Waals surface area contributed by atoms with Gasteiger partial charge in [0.1, 0.15) is 6.04 Å². The van der Waals surface area contributed by atoms with E-state index in [-0.39, 0.29) is 18.8 Å². The molecule has 0 amide bonds. The summed E-state index contributed by atoms with van der Waals surface area (Å²) < 4.78 is 16.3. The van der Waals surface area contributed by atoms with Crippen molar-refractivity contribution < 1.29 is 14.2 Å². The summed E-state index contributed by atoms with van der Waals surface area (Å²) in [5, 5.41) is 9.60. The lowest BCUT2D eigenvalue weighted by Crippen LogP contribution is -2.33. The summed E-state index contributed by atoms with van der Waals surface area (Å²) in [7, 11) is 5.23. The summed E-state index contributed by atoms with van der Waals surface area (Å²) in [4.78, 5) is 2.12. The van der Waals surface area contributed by atoms with Crippen LogP contribution >= 0.6 is 0 Å². The number of hydrogen-bond donors (Lipinski definition) is 0. The number of rotatable bonds is 5. The molecular weight excluding hydrogens is 328 g/mol. The second-order valence-corrected chi connectivity index (χ2v) is 6.50. The van der Waals surface area contributed by atoms with Gasteiger partial charge in [-0.2, -0.15) is 5.26 Å². The van der Waals surface area contributed by atoms with Crippen molar-refractivity contribution in [2.24, 2.45) is 0 Å². The molecule has 1 aliphatic heterocycles. The molecule has 2 aromatic carbocycles. The maximum atomic E-state index is 9.60. The third-order valence-electron chi connectivity index (χ3n) is 4.90. The fourth-order valence-electron chi connectivity index (χ4n) is 3.51. The first kappa shape index (κ1) is 18.2. The number of benzene rings is 2. The van der Waals surface area contributed by atoms with Crippen molar-refractivity contribution in [2.45, 2.75) is 18.4 Å². The van der Waals surface area contributed by atoms with Crippen molar-refractivity contribution in [1.29, 1.82) is 5.26 Å². The van der Waals surface area contributed by atoms with Crippen molar-refractivity contribution in [3.05, 3.63) is 59.2 Å². The number of ether oxygens (including phenoxy) is 3. The molecule has 0 N–H and O–H groups in total. The van der Waals surface area contributed by atoms with E-state index in [1.54, 1.807) is 14.2 Å². The number of nitrogens with zero attached hydrogens (tertiary/aromatic N) is 2. The van der Waals surface area contributed by atoms with Crippen LogP contribution in [0.2, 0.25) is 0 Å². The SMILES string of the molecule is COCOc1cc2c(cc1OC)C[C@@H](C#N)N(C)C[C@@H]2c1ccccc1. The highest BCUT2D eigenvalue weighted by Gasteiger charge is 2.30. The minimum Gasteiger partial charge on any atom is -0.493 e. The van der Waals surface area contributed by atoms with Crippen LogP contribution < -0.4 is 9.47 Å². The van der Waals surface area contributed by atoms with Crippen LogP contribution in [0.5, 0.6) is 11.5 Å². The summed E-state index contributed by atoms with van der Waals surface area (Å²) in [6.07, 6.45) is 0.659. The van der Waals surface area contributed by atoms with E-state index in [0.29, 0.717) is 17.9 Å². The van der Waals surface area contributed by atoms with Gasteiger partial charge in [-0.25, -0.2) is 0 Å². The molecule has 136 valence electrons. The molecule has 0 bridgehead atoms. The third kappa shape index (κ3) is 3.67. The Kier molecular flexibility index (Phi) is 5.77. The van der Waals surface area contributed by atoms with Gasteiger partial charge >= 0.3 is 0 Å². The number of hydrogen-bond acceptors (Lipinski definition) is 5. The Morgan fingerprint density at radius 2 is 1.92 bits per heavy atom. The first-order valence-electron chi connectivity index (χ1n) is 8.65. The van der Waals surface area contributed by atoms with Crippen molar-refractivity contribution in [3.63, 3.8) is 0 Å². The van der Waals surface area contributed by atoms with Crippen LogP contribution in [0.15, 0.2) is 42.5 Å². The number of fused-ring (bicyclic) bond motifs is 1. The molecule has 5 heteroatoms. The van der Waals surface area contributed by atoms with Gasteiger partial charge in [-0.1, -0.05) is 30.3 Å². The monoisotopic (exact) mass is 352 g/mol. The van der Waals surface area contributed by atoms with Crippen molar-refractivity contribution in [1.82, 2.24) is 4.90 Å². The lowest BCUT2D eigenvalue weighted by Gasteiger charge is -2.24. The van der Waals surface area contributed by atoms with E-state index >= 15 is 0 Å². The summed E-state index contributed by atoms with van der Waals surface area (Å²) in [5.74, 6) is 1.48. The van der Waals surface area contributed by atoms with E-state index in [9.17, 15) is 5.26 Å². The Morgan fingerprint density at radius 3 is 2.58 bits per heavy atom. The average molecular weight is 352 g/mol. The van der Waals surface area contributed by atoms with Crippen LogP contribution in [0.3, 0.4) is 0 Å². The molecule has 0 saturated heterocycles. The predicted octanol–water partition coefficient (Wildman–Crippen LogP) is 3.19. The normalized spacial score (nSPS) is 19.9. The molecule has 2 aromatic rings. The number of likely N-dealkylation sites (N-methyl/N-ethyl adjacent to an activating group) is 1. The largest absolute Gasteiger partial charge is 0.493 e. The summed E-state index contributed by atoms with van der Waals surface area (Å²) >= 11 is 0.